The second-order valence-electron chi connectivity index (χ2n) is 9.61. The van der Waals surface area contributed by atoms with Gasteiger partial charge in [-0.25, -0.2) is 15.0 Å². The van der Waals surface area contributed by atoms with Crippen LogP contribution in [0.2, 0.25) is 0 Å². The molecule has 0 aromatic carbocycles. The average molecular weight is 506 g/mol. The van der Waals surface area contributed by atoms with E-state index in [-0.39, 0.29) is 11.9 Å². The molecule has 0 aliphatic heterocycles. The van der Waals surface area contributed by atoms with Gasteiger partial charge in [0.25, 0.3) is 5.95 Å². The van der Waals surface area contributed by atoms with E-state index in [1.807, 2.05) is 6.92 Å². The molecule has 1 amide bonds. The van der Waals surface area contributed by atoms with Gasteiger partial charge in [-0.2, -0.15) is 14.6 Å². The molecule has 14 nitrogen and oxygen atoms in total. The van der Waals surface area contributed by atoms with Gasteiger partial charge in [-0.15, -0.1) is 5.10 Å². The lowest BCUT2D eigenvalue weighted by Crippen LogP contribution is -2.37. The highest BCUT2D eigenvalue weighted by atomic mass is 16.3. The third kappa shape index (κ3) is 4.07. The summed E-state index contributed by atoms with van der Waals surface area (Å²) in [6, 6.07) is 1.08. The number of hydrogen-bond donors (Lipinski definition) is 4. The molecule has 0 radical (unpaired) electrons. The molecule has 2 aliphatic rings. The largest absolute Gasteiger partial charge is 0.390 e. The maximum absolute atomic E-state index is 12.5. The van der Waals surface area contributed by atoms with E-state index in [9.17, 15) is 15.0 Å². The maximum Gasteiger partial charge on any atom is 0.256 e. The van der Waals surface area contributed by atoms with Crippen LogP contribution in [0.15, 0.2) is 31.0 Å². The van der Waals surface area contributed by atoms with Gasteiger partial charge >= 0.3 is 0 Å². The van der Waals surface area contributed by atoms with Crippen LogP contribution in [0.5, 0.6) is 0 Å². The minimum Gasteiger partial charge on any atom is -0.390 e. The van der Waals surface area contributed by atoms with Gasteiger partial charge < -0.3 is 25.4 Å². The molecule has 4 heterocycles. The number of amides is 1. The van der Waals surface area contributed by atoms with Crippen molar-refractivity contribution >= 4 is 22.9 Å². The Hall–Kier alpha value is -4.04. The van der Waals surface area contributed by atoms with Crippen LogP contribution < -0.4 is 10.6 Å². The number of carbonyl (C=O) groups excluding carboxylic acids is 1. The van der Waals surface area contributed by atoms with E-state index in [4.69, 9.17) is 4.98 Å². The average Bonchev–Trinajstić information content (AvgIpc) is 3.35. The number of aliphatic hydroxyl groups excluding tert-OH is 2. The number of rotatable bonds is 7. The summed E-state index contributed by atoms with van der Waals surface area (Å²) in [5, 5.41) is 36.0. The predicted molar refractivity (Wildman–Crippen MR) is 130 cm³/mol. The van der Waals surface area contributed by atoms with Crippen LogP contribution in [0.25, 0.3) is 28.6 Å². The summed E-state index contributed by atoms with van der Waals surface area (Å²) in [4.78, 5) is 34.8. The van der Waals surface area contributed by atoms with Crippen molar-refractivity contribution in [3.05, 3.63) is 31.0 Å². The van der Waals surface area contributed by atoms with Gasteiger partial charge in [0.15, 0.2) is 28.5 Å². The summed E-state index contributed by atoms with van der Waals surface area (Å²) in [5.74, 6) is 0.282. The molecule has 0 spiro atoms. The molecule has 0 saturated heterocycles. The number of aliphatic hydroxyl groups is 2. The van der Waals surface area contributed by atoms with Gasteiger partial charge in [0.1, 0.15) is 6.10 Å². The maximum atomic E-state index is 12.5. The zero-order valence-electron chi connectivity index (χ0n) is 20.3. The van der Waals surface area contributed by atoms with Gasteiger partial charge in [0.2, 0.25) is 5.91 Å². The highest BCUT2D eigenvalue weighted by molar-refractivity contribution is 5.84. The van der Waals surface area contributed by atoms with Gasteiger partial charge in [-0.1, -0.05) is 12.1 Å². The first-order chi connectivity index (χ1) is 18.0. The van der Waals surface area contributed by atoms with E-state index in [2.05, 4.69) is 40.9 Å². The van der Waals surface area contributed by atoms with E-state index < -0.39 is 30.1 Å². The highest BCUT2D eigenvalue weighted by Gasteiger charge is 2.51. The molecule has 192 valence electrons. The normalized spacial score (nSPS) is 25.5. The van der Waals surface area contributed by atoms with E-state index in [0.717, 1.165) is 19.4 Å². The number of nitrogens with zero attached hydrogens (tertiary/aromatic N) is 9. The van der Waals surface area contributed by atoms with Crippen LogP contribution in [0.1, 0.15) is 25.8 Å². The molecule has 0 bridgehead atoms. The fourth-order valence-corrected chi connectivity index (χ4v) is 5.03. The summed E-state index contributed by atoms with van der Waals surface area (Å²) in [6.07, 6.45) is 6.36. The Morgan fingerprint density at radius 2 is 1.92 bits per heavy atom. The third-order valence-corrected chi connectivity index (χ3v) is 7.20. The van der Waals surface area contributed by atoms with Gasteiger partial charge in [-0.05, 0) is 30.7 Å². The molecule has 2 fully saturated rings. The second-order valence-corrected chi connectivity index (χ2v) is 9.61. The quantitative estimate of drug-likeness (QED) is 0.264. The van der Waals surface area contributed by atoms with E-state index >= 15 is 0 Å². The third-order valence-electron chi connectivity index (χ3n) is 7.20. The molecule has 2 saturated carbocycles. The monoisotopic (exact) mass is 505 g/mol. The van der Waals surface area contributed by atoms with E-state index in [0.29, 0.717) is 34.4 Å². The van der Waals surface area contributed by atoms with Crippen LogP contribution in [-0.4, -0.2) is 86.4 Å². The van der Waals surface area contributed by atoms with Crippen molar-refractivity contribution in [1.82, 2.24) is 49.8 Å². The Morgan fingerprint density at radius 1 is 1.14 bits per heavy atom. The molecule has 14 heteroatoms. The summed E-state index contributed by atoms with van der Waals surface area (Å²) >= 11 is 0. The van der Waals surface area contributed by atoms with Gasteiger partial charge in [0.05, 0.1) is 30.6 Å². The number of carbonyl (C=O) groups is 1. The number of fused-ring (bicyclic) bond motifs is 1. The number of imidazole rings is 1. The Morgan fingerprint density at radius 3 is 2.65 bits per heavy atom. The standard InChI is InChI=1S/C23H27N11O3/c1-11-14(22(37)24-2)17(35)18(36)16(11)33-10-28-15-20(27-8-12-4-5-12)29-23(30-21(15)33)34-9-13(31-32-34)19-25-6-3-7-26-19/h3,6-7,9-12,14,16-18,35-36H,4-5,8H2,1-2H3,(H,24,37)(H,27,29,30)/t11-,14-,16+,17?,18?/m0/s1. The minimum absolute atomic E-state index is 0.241. The predicted octanol–water partition coefficient (Wildman–Crippen LogP) is -0.0393. The molecule has 4 aromatic rings. The van der Waals surface area contributed by atoms with Crippen LogP contribution >= 0.6 is 0 Å². The molecule has 2 aliphatic carbocycles. The van der Waals surface area contributed by atoms with Crippen molar-refractivity contribution < 1.29 is 15.0 Å². The second kappa shape index (κ2) is 9.12. The van der Waals surface area contributed by atoms with Gasteiger partial charge in [0, 0.05) is 26.0 Å². The number of hydrogen-bond acceptors (Lipinski definition) is 11. The van der Waals surface area contributed by atoms with Crippen molar-refractivity contribution in [2.75, 3.05) is 18.9 Å². The van der Waals surface area contributed by atoms with Crippen LogP contribution in [0.3, 0.4) is 0 Å². The van der Waals surface area contributed by atoms with Crippen LogP contribution in [0.4, 0.5) is 5.82 Å². The van der Waals surface area contributed by atoms with E-state index in [1.165, 1.54) is 11.7 Å². The Bertz CT molecular complexity index is 1430. The first kappa shape index (κ1) is 23.4. The Balaban J connectivity index is 1.43. The molecule has 4 N–H and O–H groups in total. The summed E-state index contributed by atoms with van der Waals surface area (Å²) in [6.45, 7) is 2.58. The molecule has 6 rings (SSSR count). The van der Waals surface area contributed by atoms with Crippen molar-refractivity contribution in [2.24, 2.45) is 17.8 Å². The molecule has 2 unspecified atom stereocenters. The lowest BCUT2D eigenvalue weighted by atomic mass is 9.94. The van der Waals surface area contributed by atoms with Crippen LogP contribution in [0, 0.1) is 17.8 Å². The fourth-order valence-electron chi connectivity index (χ4n) is 5.03. The lowest BCUT2D eigenvalue weighted by molar-refractivity contribution is -0.129. The zero-order valence-corrected chi connectivity index (χ0v) is 20.3. The first-order valence-corrected chi connectivity index (χ1v) is 12.2. The summed E-state index contributed by atoms with van der Waals surface area (Å²) in [5.41, 5.74) is 1.42. The van der Waals surface area contributed by atoms with Crippen molar-refractivity contribution in [2.45, 2.75) is 38.0 Å². The van der Waals surface area contributed by atoms with Gasteiger partial charge in [-0.3, -0.25) is 4.79 Å². The van der Waals surface area contributed by atoms with Crippen molar-refractivity contribution in [3.63, 3.8) is 0 Å². The molecular weight excluding hydrogens is 478 g/mol. The van der Waals surface area contributed by atoms with E-state index in [1.54, 1.807) is 35.6 Å². The zero-order chi connectivity index (χ0) is 25.7. The number of aromatic nitrogens is 9. The lowest BCUT2D eigenvalue weighted by Gasteiger charge is -2.22. The summed E-state index contributed by atoms with van der Waals surface area (Å²) < 4.78 is 3.14. The van der Waals surface area contributed by atoms with Crippen molar-refractivity contribution in [3.8, 4) is 17.5 Å². The smallest absolute Gasteiger partial charge is 0.256 e. The molecule has 5 atom stereocenters. The molecule has 4 aromatic heterocycles. The number of nitrogens with one attached hydrogen (secondary N) is 2. The SMILES string of the molecule is CNC(=O)[C@@H]1C(O)C(O)[C@H](n2cnc3c(NCC4CC4)nc(-n4cc(-c5ncccn5)nn4)nc32)[C@H]1C. The first-order valence-electron chi connectivity index (χ1n) is 12.2. The minimum atomic E-state index is -1.23. The molecular formula is C23H27N11O3. The number of anilines is 1. The summed E-state index contributed by atoms with van der Waals surface area (Å²) in [7, 11) is 1.51. The van der Waals surface area contributed by atoms with Crippen LogP contribution in [-0.2, 0) is 4.79 Å². The van der Waals surface area contributed by atoms with Crippen molar-refractivity contribution in [1.29, 1.82) is 0 Å². The Kier molecular flexibility index (Phi) is 5.76. The topological polar surface area (TPSA) is 182 Å². The fraction of sp³-hybridized carbons (Fsp3) is 0.478. The highest BCUT2D eigenvalue weighted by Crippen LogP contribution is 2.42. The molecule has 37 heavy (non-hydrogen) atoms. The Labute approximate surface area is 211 Å².